The Bertz CT molecular complexity index is 1090. The Morgan fingerprint density at radius 1 is 0.882 bits per heavy atom. The first-order valence-corrected chi connectivity index (χ1v) is 10.7. The highest BCUT2D eigenvalue weighted by atomic mass is 16.7. The number of Topliss-reactive ketones (excluding diaryl/α,β-unsaturated/α-hetero) is 1. The molecule has 3 rings (SSSR count). The summed E-state index contributed by atoms with van der Waals surface area (Å²) in [7, 11) is 4.35. The molecule has 1 heterocycles. The summed E-state index contributed by atoms with van der Waals surface area (Å²) < 4.78 is 32.3. The molecule has 0 radical (unpaired) electrons. The normalized spacial score (nSPS) is 10.7. The first-order valence-electron chi connectivity index (χ1n) is 10.7. The molecule has 0 aliphatic rings. The summed E-state index contributed by atoms with van der Waals surface area (Å²) in [5.41, 5.74) is 1.83. The van der Waals surface area contributed by atoms with Gasteiger partial charge in [-0.3, -0.25) is 9.59 Å². The van der Waals surface area contributed by atoms with Gasteiger partial charge in [-0.1, -0.05) is 30.3 Å². The van der Waals surface area contributed by atoms with Gasteiger partial charge in [0.1, 0.15) is 23.0 Å². The van der Waals surface area contributed by atoms with Gasteiger partial charge in [-0.15, -0.1) is 0 Å². The van der Waals surface area contributed by atoms with Crippen molar-refractivity contribution in [3.8, 4) is 22.8 Å². The van der Waals surface area contributed by atoms with Crippen molar-refractivity contribution in [2.75, 3.05) is 34.9 Å². The molecule has 0 saturated carbocycles. The van der Waals surface area contributed by atoms with E-state index in [0.717, 1.165) is 0 Å². The molecule has 0 fully saturated rings. The topological polar surface area (TPSA) is 93.4 Å². The monoisotopic (exact) mass is 468 g/mol. The van der Waals surface area contributed by atoms with E-state index in [1.54, 1.807) is 30.3 Å². The lowest BCUT2D eigenvalue weighted by Crippen LogP contribution is -2.09. The minimum atomic E-state index is -0.428. The maximum absolute atomic E-state index is 12.4. The van der Waals surface area contributed by atoms with Gasteiger partial charge in [0.25, 0.3) is 0 Å². The summed E-state index contributed by atoms with van der Waals surface area (Å²) in [5.74, 6) is 1.61. The van der Waals surface area contributed by atoms with Crippen LogP contribution in [-0.2, 0) is 31.8 Å². The minimum absolute atomic E-state index is 0.0163. The summed E-state index contributed by atoms with van der Waals surface area (Å²) in [5, 5.41) is 0. The molecule has 3 aromatic rings. The summed E-state index contributed by atoms with van der Waals surface area (Å²) in [6, 6.07) is 16.1. The number of carbonyl (C=O) groups is 2. The van der Waals surface area contributed by atoms with Crippen LogP contribution in [-0.4, -0.2) is 46.7 Å². The van der Waals surface area contributed by atoms with Gasteiger partial charge >= 0.3 is 5.97 Å². The van der Waals surface area contributed by atoms with E-state index >= 15 is 0 Å². The van der Waals surface area contributed by atoms with Crippen molar-refractivity contribution in [1.82, 2.24) is 0 Å². The van der Waals surface area contributed by atoms with Crippen LogP contribution in [0.3, 0.4) is 0 Å². The van der Waals surface area contributed by atoms with Crippen molar-refractivity contribution >= 4 is 11.8 Å². The summed E-state index contributed by atoms with van der Waals surface area (Å²) >= 11 is 0. The number of esters is 1. The zero-order chi connectivity index (χ0) is 24.3. The Balaban J connectivity index is 1.90. The van der Waals surface area contributed by atoms with E-state index in [-0.39, 0.29) is 25.8 Å². The van der Waals surface area contributed by atoms with Crippen molar-refractivity contribution in [3.63, 3.8) is 0 Å². The van der Waals surface area contributed by atoms with Gasteiger partial charge in [0.15, 0.2) is 19.4 Å². The highest BCUT2D eigenvalue weighted by Gasteiger charge is 2.21. The predicted molar refractivity (Wildman–Crippen MR) is 124 cm³/mol. The Morgan fingerprint density at radius 2 is 1.62 bits per heavy atom. The van der Waals surface area contributed by atoms with Gasteiger partial charge in [0.2, 0.25) is 0 Å². The SMILES string of the molecule is COCOc1cc(CC(=O)OC)c(-c2ccc(CCC(=O)c3ccccc3)o2)c(OCOC)c1. The summed E-state index contributed by atoms with van der Waals surface area (Å²) in [6.45, 7) is 0.0125. The van der Waals surface area contributed by atoms with E-state index in [2.05, 4.69) is 0 Å². The number of methoxy groups -OCH3 is 3. The van der Waals surface area contributed by atoms with Gasteiger partial charge in [0, 0.05) is 38.7 Å². The Morgan fingerprint density at radius 3 is 2.32 bits per heavy atom. The molecular formula is C26H28O8. The third kappa shape index (κ3) is 6.69. The maximum Gasteiger partial charge on any atom is 0.310 e. The molecule has 0 amide bonds. The number of ketones is 1. The molecule has 0 aliphatic carbocycles. The molecule has 8 nitrogen and oxygen atoms in total. The number of rotatable bonds is 13. The second-order valence-electron chi connectivity index (χ2n) is 7.37. The lowest BCUT2D eigenvalue weighted by atomic mass is 10.0. The lowest BCUT2D eigenvalue weighted by molar-refractivity contribution is -0.139. The van der Waals surface area contributed by atoms with E-state index in [1.165, 1.54) is 21.3 Å². The lowest BCUT2D eigenvalue weighted by Gasteiger charge is -2.16. The Kier molecular flexibility index (Phi) is 9.25. The standard InChI is InChI=1S/C26H28O8/c1-29-16-32-21-13-19(14-25(28)31-3)26(24(15-21)33-17-30-2)23-12-10-20(34-23)9-11-22(27)18-7-5-4-6-8-18/h4-8,10,12-13,15H,9,11,14,16-17H2,1-3H3. The Labute approximate surface area is 198 Å². The number of furan rings is 1. The van der Waals surface area contributed by atoms with Gasteiger partial charge in [-0.25, -0.2) is 0 Å². The number of carbonyl (C=O) groups excluding carboxylic acids is 2. The van der Waals surface area contributed by atoms with Gasteiger partial charge in [-0.2, -0.15) is 0 Å². The van der Waals surface area contributed by atoms with Crippen LogP contribution < -0.4 is 9.47 Å². The van der Waals surface area contributed by atoms with E-state index in [9.17, 15) is 9.59 Å². The second kappa shape index (κ2) is 12.6. The third-order valence-electron chi connectivity index (χ3n) is 5.00. The molecule has 34 heavy (non-hydrogen) atoms. The predicted octanol–water partition coefficient (Wildman–Crippen LogP) is 4.44. The zero-order valence-electron chi connectivity index (χ0n) is 19.5. The van der Waals surface area contributed by atoms with Crippen molar-refractivity contribution in [2.45, 2.75) is 19.3 Å². The molecule has 0 spiro atoms. The molecule has 0 atom stereocenters. The Hall–Kier alpha value is -3.62. The van der Waals surface area contributed by atoms with Gasteiger partial charge < -0.3 is 28.1 Å². The van der Waals surface area contributed by atoms with Gasteiger partial charge in [-0.05, 0) is 23.8 Å². The average molecular weight is 469 g/mol. The fourth-order valence-electron chi connectivity index (χ4n) is 3.39. The number of benzene rings is 2. The van der Waals surface area contributed by atoms with Crippen LogP contribution in [0.5, 0.6) is 11.5 Å². The van der Waals surface area contributed by atoms with Crippen LogP contribution in [0, 0.1) is 0 Å². The molecule has 0 unspecified atom stereocenters. The van der Waals surface area contributed by atoms with E-state index in [1.807, 2.05) is 24.3 Å². The van der Waals surface area contributed by atoms with E-state index in [0.29, 0.717) is 52.6 Å². The molecule has 0 saturated heterocycles. The number of ether oxygens (including phenoxy) is 5. The van der Waals surface area contributed by atoms with Crippen molar-refractivity contribution < 1.29 is 37.7 Å². The minimum Gasteiger partial charge on any atom is -0.469 e. The quantitative estimate of drug-likeness (QED) is 0.206. The van der Waals surface area contributed by atoms with Crippen LogP contribution in [0.1, 0.15) is 28.1 Å². The largest absolute Gasteiger partial charge is 0.469 e. The molecule has 0 N–H and O–H groups in total. The molecule has 1 aromatic heterocycles. The highest BCUT2D eigenvalue weighted by molar-refractivity contribution is 5.96. The smallest absolute Gasteiger partial charge is 0.310 e. The average Bonchev–Trinajstić information content (AvgIpc) is 3.33. The fourth-order valence-corrected chi connectivity index (χ4v) is 3.39. The maximum atomic E-state index is 12.4. The summed E-state index contributed by atoms with van der Waals surface area (Å²) in [6.07, 6.45) is 0.716. The number of hydrogen-bond donors (Lipinski definition) is 0. The van der Waals surface area contributed by atoms with E-state index in [4.69, 9.17) is 28.1 Å². The number of aryl methyl sites for hydroxylation is 1. The van der Waals surface area contributed by atoms with Crippen molar-refractivity contribution in [3.05, 3.63) is 71.5 Å². The van der Waals surface area contributed by atoms with E-state index < -0.39 is 5.97 Å². The molecule has 180 valence electrons. The van der Waals surface area contributed by atoms with Crippen molar-refractivity contribution in [1.29, 1.82) is 0 Å². The molecule has 2 aromatic carbocycles. The molecular weight excluding hydrogens is 440 g/mol. The van der Waals surface area contributed by atoms with Crippen LogP contribution in [0.4, 0.5) is 0 Å². The molecule has 8 heteroatoms. The fraction of sp³-hybridized carbons (Fsp3) is 0.308. The van der Waals surface area contributed by atoms with Crippen LogP contribution in [0.15, 0.2) is 59.0 Å². The zero-order valence-corrected chi connectivity index (χ0v) is 19.5. The van der Waals surface area contributed by atoms with Crippen LogP contribution in [0.2, 0.25) is 0 Å². The number of hydrogen-bond acceptors (Lipinski definition) is 8. The van der Waals surface area contributed by atoms with Crippen LogP contribution >= 0.6 is 0 Å². The van der Waals surface area contributed by atoms with Crippen LogP contribution in [0.25, 0.3) is 11.3 Å². The third-order valence-corrected chi connectivity index (χ3v) is 5.00. The second-order valence-corrected chi connectivity index (χ2v) is 7.37. The molecule has 0 bridgehead atoms. The first-order chi connectivity index (χ1) is 16.5. The highest BCUT2D eigenvalue weighted by Crippen LogP contribution is 2.39. The first kappa shape index (κ1) is 25.0. The van der Waals surface area contributed by atoms with Gasteiger partial charge in [0.05, 0.1) is 19.1 Å². The van der Waals surface area contributed by atoms with Crippen molar-refractivity contribution in [2.24, 2.45) is 0 Å². The summed E-state index contributed by atoms with van der Waals surface area (Å²) in [4.78, 5) is 24.6. The molecule has 0 aliphatic heterocycles.